The van der Waals surface area contributed by atoms with Crippen molar-refractivity contribution >= 4 is 5.97 Å². The van der Waals surface area contributed by atoms with Crippen molar-refractivity contribution in [2.75, 3.05) is 0 Å². The summed E-state index contributed by atoms with van der Waals surface area (Å²) in [6.45, 7) is 4.74. The Bertz CT molecular complexity index is 403. The zero-order chi connectivity index (χ0) is 13.8. The van der Waals surface area contributed by atoms with Crippen LogP contribution in [0.3, 0.4) is 0 Å². The molecule has 2 unspecified atom stereocenters. The van der Waals surface area contributed by atoms with Crippen LogP contribution in [-0.2, 0) is 9.53 Å². The molecule has 0 aromatic rings. The minimum atomic E-state index is -4.57. The van der Waals surface area contributed by atoms with Gasteiger partial charge in [0, 0.05) is 0 Å². The fourth-order valence-electron chi connectivity index (χ4n) is 2.85. The maximum absolute atomic E-state index is 13.4. The highest BCUT2D eigenvalue weighted by Gasteiger charge is 2.68. The predicted octanol–water partition coefficient (Wildman–Crippen LogP) is 3.62. The van der Waals surface area contributed by atoms with Gasteiger partial charge in [-0.15, -0.1) is 0 Å². The van der Waals surface area contributed by atoms with Gasteiger partial charge < -0.3 is 4.74 Å². The molecule has 0 aromatic carbocycles. The molecule has 2 aliphatic carbocycles. The summed E-state index contributed by atoms with van der Waals surface area (Å²) in [5.41, 5.74) is -3.09. The van der Waals surface area contributed by atoms with Crippen molar-refractivity contribution in [3.05, 3.63) is 11.6 Å². The maximum atomic E-state index is 13.4. The van der Waals surface area contributed by atoms with Crippen LogP contribution in [-0.4, -0.2) is 17.7 Å². The highest BCUT2D eigenvalue weighted by Crippen LogP contribution is 2.60. The third-order valence-corrected chi connectivity index (χ3v) is 3.58. The summed E-state index contributed by atoms with van der Waals surface area (Å²) in [5, 5.41) is 0. The second-order valence-corrected chi connectivity index (χ2v) is 6.14. The molecular formula is C13H17F3O2. The van der Waals surface area contributed by atoms with E-state index in [0.717, 1.165) is 0 Å². The Morgan fingerprint density at radius 2 is 2.00 bits per heavy atom. The van der Waals surface area contributed by atoms with Crippen molar-refractivity contribution in [3.63, 3.8) is 0 Å². The minimum Gasteiger partial charge on any atom is -0.459 e. The van der Waals surface area contributed by atoms with Gasteiger partial charge in [-0.3, -0.25) is 4.79 Å². The normalized spacial score (nSPS) is 31.4. The van der Waals surface area contributed by atoms with Crippen molar-refractivity contribution in [2.24, 2.45) is 11.3 Å². The van der Waals surface area contributed by atoms with Crippen molar-refractivity contribution in [3.8, 4) is 0 Å². The standard InChI is InChI=1S/C13H17F3O2/c1-11(2,3)18-10(17)12(13(14,15)16)7-8-4-5-9(12)6-8/h5,8H,4,6-7H2,1-3H3. The summed E-state index contributed by atoms with van der Waals surface area (Å²) < 4.78 is 45.1. The Kier molecular flexibility index (Phi) is 2.80. The molecule has 0 saturated heterocycles. The largest absolute Gasteiger partial charge is 0.459 e. The molecule has 102 valence electrons. The Balaban J connectivity index is 2.37. The van der Waals surface area contributed by atoms with Gasteiger partial charge >= 0.3 is 12.1 Å². The molecule has 0 aliphatic heterocycles. The van der Waals surface area contributed by atoms with E-state index in [2.05, 4.69) is 0 Å². The Morgan fingerprint density at radius 3 is 2.33 bits per heavy atom. The lowest BCUT2D eigenvalue weighted by Gasteiger charge is -2.35. The fourth-order valence-corrected chi connectivity index (χ4v) is 2.85. The molecule has 0 heterocycles. The highest BCUT2D eigenvalue weighted by molar-refractivity contribution is 5.83. The minimum absolute atomic E-state index is 0.0610. The monoisotopic (exact) mass is 262 g/mol. The molecule has 0 amide bonds. The lowest BCUT2D eigenvalue weighted by Crippen LogP contribution is -2.48. The summed E-state index contributed by atoms with van der Waals surface area (Å²) in [4.78, 5) is 12.0. The molecule has 1 fully saturated rings. The van der Waals surface area contributed by atoms with Gasteiger partial charge in [0.1, 0.15) is 5.60 Å². The second kappa shape index (κ2) is 3.75. The van der Waals surface area contributed by atoms with Gasteiger partial charge in [0.25, 0.3) is 0 Å². The Labute approximate surface area is 104 Å². The number of hydrogen-bond acceptors (Lipinski definition) is 2. The van der Waals surface area contributed by atoms with E-state index in [1.807, 2.05) is 0 Å². The van der Waals surface area contributed by atoms with E-state index < -0.39 is 23.2 Å². The molecule has 0 spiro atoms. The molecule has 0 N–H and O–H groups in total. The fraction of sp³-hybridized carbons (Fsp3) is 0.769. The molecule has 2 atom stereocenters. The Morgan fingerprint density at radius 1 is 1.39 bits per heavy atom. The van der Waals surface area contributed by atoms with E-state index in [-0.39, 0.29) is 17.9 Å². The number of allylic oxidation sites excluding steroid dienone is 1. The van der Waals surface area contributed by atoms with Crippen LogP contribution in [0.2, 0.25) is 0 Å². The van der Waals surface area contributed by atoms with Crippen LogP contribution < -0.4 is 0 Å². The SMILES string of the molecule is CC(C)(C)OC(=O)C1(C(F)(F)F)CC2CC=C1C2. The van der Waals surface area contributed by atoms with Gasteiger partial charge in [0.05, 0.1) is 0 Å². The topological polar surface area (TPSA) is 26.3 Å². The quantitative estimate of drug-likeness (QED) is 0.533. The summed E-state index contributed by atoms with van der Waals surface area (Å²) in [6, 6.07) is 0. The number of carbonyl (C=O) groups excluding carboxylic acids is 1. The first-order chi connectivity index (χ1) is 8.06. The van der Waals surface area contributed by atoms with E-state index >= 15 is 0 Å². The van der Waals surface area contributed by atoms with Crippen LogP contribution in [0.25, 0.3) is 0 Å². The average molecular weight is 262 g/mol. The maximum Gasteiger partial charge on any atom is 0.408 e. The predicted molar refractivity (Wildman–Crippen MR) is 59.8 cm³/mol. The molecule has 2 bridgehead atoms. The van der Waals surface area contributed by atoms with Gasteiger partial charge in [-0.05, 0) is 51.5 Å². The average Bonchev–Trinajstić information content (AvgIpc) is 2.71. The molecule has 2 aliphatic rings. The van der Waals surface area contributed by atoms with Gasteiger partial charge in [-0.25, -0.2) is 0 Å². The first-order valence-corrected chi connectivity index (χ1v) is 6.06. The number of alkyl halides is 3. The number of rotatable bonds is 1. The molecule has 18 heavy (non-hydrogen) atoms. The lowest BCUT2D eigenvalue weighted by atomic mass is 9.77. The van der Waals surface area contributed by atoms with Crippen LogP contribution in [0.4, 0.5) is 13.2 Å². The van der Waals surface area contributed by atoms with Gasteiger partial charge in [-0.2, -0.15) is 13.2 Å². The van der Waals surface area contributed by atoms with Crippen LogP contribution >= 0.6 is 0 Å². The number of carbonyl (C=O) groups is 1. The zero-order valence-corrected chi connectivity index (χ0v) is 10.7. The van der Waals surface area contributed by atoms with Gasteiger partial charge in [-0.1, -0.05) is 6.08 Å². The molecule has 0 radical (unpaired) electrons. The summed E-state index contributed by atoms with van der Waals surface area (Å²) >= 11 is 0. The number of fused-ring (bicyclic) bond motifs is 2. The van der Waals surface area contributed by atoms with Crippen molar-refractivity contribution in [1.29, 1.82) is 0 Å². The highest BCUT2D eigenvalue weighted by atomic mass is 19.4. The van der Waals surface area contributed by atoms with Crippen molar-refractivity contribution < 1.29 is 22.7 Å². The van der Waals surface area contributed by atoms with Crippen molar-refractivity contribution in [2.45, 2.75) is 51.8 Å². The number of ether oxygens (including phenoxy) is 1. The zero-order valence-electron chi connectivity index (χ0n) is 10.7. The van der Waals surface area contributed by atoms with Crippen LogP contribution in [0.15, 0.2) is 11.6 Å². The number of esters is 1. The molecule has 1 saturated carbocycles. The van der Waals surface area contributed by atoms with Gasteiger partial charge in [0.15, 0.2) is 5.41 Å². The third kappa shape index (κ3) is 1.93. The molecule has 5 heteroatoms. The summed E-state index contributed by atoms with van der Waals surface area (Å²) in [5.74, 6) is -1.20. The smallest absolute Gasteiger partial charge is 0.408 e. The molecule has 2 rings (SSSR count). The van der Waals surface area contributed by atoms with E-state index in [4.69, 9.17) is 4.74 Å². The van der Waals surface area contributed by atoms with E-state index in [1.165, 1.54) is 0 Å². The third-order valence-electron chi connectivity index (χ3n) is 3.58. The number of hydrogen-bond donors (Lipinski definition) is 0. The molecular weight excluding hydrogens is 245 g/mol. The number of halogens is 3. The lowest BCUT2D eigenvalue weighted by molar-refractivity contribution is -0.229. The summed E-state index contributed by atoms with van der Waals surface area (Å²) in [6.07, 6.45) is -2.14. The van der Waals surface area contributed by atoms with Crippen LogP contribution in [0, 0.1) is 11.3 Å². The van der Waals surface area contributed by atoms with Crippen LogP contribution in [0.5, 0.6) is 0 Å². The van der Waals surface area contributed by atoms with E-state index in [1.54, 1.807) is 26.8 Å². The van der Waals surface area contributed by atoms with Gasteiger partial charge in [0.2, 0.25) is 0 Å². The van der Waals surface area contributed by atoms with E-state index in [0.29, 0.717) is 12.8 Å². The second-order valence-electron chi connectivity index (χ2n) is 6.14. The molecule has 2 nitrogen and oxygen atoms in total. The first kappa shape index (κ1) is 13.4. The Hall–Kier alpha value is -1.00. The molecule has 0 aromatic heterocycles. The first-order valence-electron chi connectivity index (χ1n) is 6.06. The summed E-state index contributed by atoms with van der Waals surface area (Å²) in [7, 11) is 0. The van der Waals surface area contributed by atoms with E-state index in [9.17, 15) is 18.0 Å². The van der Waals surface area contributed by atoms with Crippen molar-refractivity contribution in [1.82, 2.24) is 0 Å². The van der Waals surface area contributed by atoms with Crippen LogP contribution in [0.1, 0.15) is 40.0 Å².